The molecule has 4 aromatic rings. The van der Waals surface area contributed by atoms with Crippen molar-refractivity contribution >= 4 is 11.0 Å². The molecule has 0 unspecified atom stereocenters. The summed E-state index contributed by atoms with van der Waals surface area (Å²) in [5.74, 6) is 1.24. The van der Waals surface area contributed by atoms with Gasteiger partial charge in [-0.3, -0.25) is 0 Å². The van der Waals surface area contributed by atoms with E-state index in [2.05, 4.69) is 10.3 Å². The van der Waals surface area contributed by atoms with E-state index in [1.807, 2.05) is 31.2 Å². The molecular formula is C22H20FN3O3. The minimum absolute atomic E-state index is 0.267. The van der Waals surface area contributed by atoms with Crippen molar-refractivity contribution in [3.63, 3.8) is 0 Å². The van der Waals surface area contributed by atoms with E-state index in [1.54, 1.807) is 44.2 Å². The maximum Gasteiger partial charge on any atom is 0.203 e. The fourth-order valence-electron chi connectivity index (χ4n) is 3.32. The zero-order valence-electron chi connectivity index (χ0n) is 16.6. The number of halogens is 1. The molecule has 3 aromatic carbocycles. The summed E-state index contributed by atoms with van der Waals surface area (Å²) in [5.41, 5.74) is 4.24. The van der Waals surface area contributed by atoms with Crippen LogP contribution in [0.15, 0.2) is 48.5 Å². The van der Waals surface area contributed by atoms with E-state index in [1.165, 1.54) is 6.07 Å². The zero-order valence-corrected chi connectivity index (χ0v) is 16.6. The number of benzene rings is 3. The Balaban J connectivity index is 1.89. The Morgan fingerprint density at radius 2 is 1.59 bits per heavy atom. The normalized spacial score (nSPS) is 10.9. The van der Waals surface area contributed by atoms with Gasteiger partial charge in [0.2, 0.25) is 5.75 Å². The summed E-state index contributed by atoms with van der Waals surface area (Å²) in [6.45, 7) is 1.86. The number of hydrogen-bond acceptors (Lipinski definition) is 5. The van der Waals surface area contributed by atoms with Crippen molar-refractivity contribution in [2.45, 2.75) is 6.92 Å². The number of methoxy groups -OCH3 is 3. The maximum atomic E-state index is 14.5. The van der Waals surface area contributed by atoms with Crippen LogP contribution in [0.3, 0.4) is 0 Å². The third-order valence-corrected chi connectivity index (χ3v) is 4.78. The molecule has 0 radical (unpaired) electrons. The van der Waals surface area contributed by atoms with Crippen molar-refractivity contribution in [2.75, 3.05) is 21.3 Å². The van der Waals surface area contributed by atoms with Gasteiger partial charge in [0.25, 0.3) is 0 Å². The maximum absolute atomic E-state index is 14.5. The molecule has 0 aliphatic rings. The Hall–Kier alpha value is -3.61. The van der Waals surface area contributed by atoms with Gasteiger partial charge >= 0.3 is 0 Å². The Labute approximate surface area is 167 Å². The van der Waals surface area contributed by atoms with Crippen molar-refractivity contribution in [3.8, 4) is 34.1 Å². The second kappa shape index (κ2) is 7.43. The van der Waals surface area contributed by atoms with Crippen LogP contribution in [-0.2, 0) is 0 Å². The predicted octanol–water partition coefficient (Wildman–Crippen LogP) is 4.56. The van der Waals surface area contributed by atoms with Crippen LogP contribution in [-0.4, -0.2) is 36.3 Å². The number of ether oxygens (including phenoxy) is 3. The molecule has 148 valence electrons. The average Bonchev–Trinajstić information content (AvgIpc) is 3.15. The Bertz CT molecular complexity index is 1180. The highest BCUT2D eigenvalue weighted by Gasteiger charge is 2.17. The highest BCUT2D eigenvalue weighted by molar-refractivity contribution is 5.83. The van der Waals surface area contributed by atoms with Gasteiger partial charge in [0.1, 0.15) is 11.3 Å². The van der Waals surface area contributed by atoms with E-state index >= 15 is 0 Å². The highest BCUT2D eigenvalue weighted by atomic mass is 19.1. The smallest absolute Gasteiger partial charge is 0.203 e. The fraction of sp³-hybridized carbons (Fsp3) is 0.182. The molecule has 0 saturated carbocycles. The molecule has 7 heteroatoms. The van der Waals surface area contributed by atoms with Gasteiger partial charge in [0.15, 0.2) is 11.5 Å². The third kappa shape index (κ3) is 3.24. The third-order valence-electron chi connectivity index (χ3n) is 4.78. The van der Waals surface area contributed by atoms with Gasteiger partial charge in [-0.05, 0) is 36.2 Å². The first-order valence-corrected chi connectivity index (χ1v) is 8.98. The number of aryl methyl sites for hydroxylation is 1. The summed E-state index contributed by atoms with van der Waals surface area (Å²) in [4.78, 5) is 0. The summed E-state index contributed by atoms with van der Waals surface area (Å²) in [6.07, 6.45) is 0. The van der Waals surface area contributed by atoms with Gasteiger partial charge < -0.3 is 14.2 Å². The average molecular weight is 393 g/mol. The van der Waals surface area contributed by atoms with Crippen LogP contribution in [0.5, 0.6) is 17.2 Å². The molecular weight excluding hydrogens is 373 g/mol. The summed E-state index contributed by atoms with van der Waals surface area (Å²) in [6, 6.07) is 14.3. The number of rotatable bonds is 5. The molecule has 0 N–H and O–H groups in total. The first-order chi connectivity index (χ1) is 14.0. The zero-order chi connectivity index (χ0) is 20.5. The largest absolute Gasteiger partial charge is 0.493 e. The monoisotopic (exact) mass is 393 g/mol. The highest BCUT2D eigenvalue weighted by Crippen LogP contribution is 2.39. The minimum atomic E-state index is -0.267. The van der Waals surface area contributed by atoms with E-state index in [9.17, 15) is 4.39 Å². The number of hydrogen-bond donors (Lipinski definition) is 0. The molecule has 0 aliphatic heterocycles. The van der Waals surface area contributed by atoms with Crippen molar-refractivity contribution in [1.29, 1.82) is 0 Å². The molecule has 0 bridgehead atoms. The number of aromatic nitrogens is 3. The molecule has 0 aliphatic carbocycles. The van der Waals surface area contributed by atoms with Gasteiger partial charge in [0, 0.05) is 17.7 Å². The molecule has 6 nitrogen and oxygen atoms in total. The van der Waals surface area contributed by atoms with E-state index in [4.69, 9.17) is 14.2 Å². The van der Waals surface area contributed by atoms with E-state index in [0.29, 0.717) is 34.0 Å². The summed E-state index contributed by atoms with van der Waals surface area (Å²) in [5, 5.41) is 8.49. The quantitative estimate of drug-likeness (QED) is 0.497. The van der Waals surface area contributed by atoms with E-state index < -0.39 is 0 Å². The Morgan fingerprint density at radius 3 is 2.21 bits per heavy atom. The summed E-state index contributed by atoms with van der Waals surface area (Å²) >= 11 is 0. The molecule has 1 heterocycles. The first kappa shape index (κ1) is 18.7. The van der Waals surface area contributed by atoms with Crippen molar-refractivity contribution in [3.05, 3.63) is 59.9 Å². The molecule has 29 heavy (non-hydrogen) atoms. The van der Waals surface area contributed by atoms with E-state index in [-0.39, 0.29) is 5.82 Å². The van der Waals surface area contributed by atoms with Crippen LogP contribution in [0.2, 0.25) is 0 Å². The molecule has 4 rings (SSSR count). The van der Waals surface area contributed by atoms with Crippen molar-refractivity contribution in [2.24, 2.45) is 0 Å². The van der Waals surface area contributed by atoms with Crippen LogP contribution in [0.1, 0.15) is 5.56 Å². The standard InChI is InChI=1S/C22H20FN3O3/c1-13-5-7-16(17(23)9-13)14-6-8-18-19(10-14)26(25-24-18)15-11-20(27-2)22(29-4)21(12-15)28-3/h5-12H,1-4H3. The molecule has 1 aromatic heterocycles. The summed E-state index contributed by atoms with van der Waals surface area (Å²) in [7, 11) is 4.66. The lowest BCUT2D eigenvalue weighted by atomic mass is 10.0. The van der Waals surface area contributed by atoms with Gasteiger partial charge in [-0.2, -0.15) is 0 Å². The molecule has 0 spiro atoms. The molecule has 0 fully saturated rings. The SMILES string of the molecule is COc1cc(-n2nnc3ccc(-c4ccc(C)cc4F)cc32)cc(OC)c1OC. The lowest BCUT2D eigenvalue weighted by molar-refractivity contribution is 0.324. The molecule has 0 amide bonds. The fourth-order valence-corrected chi connectivity index (χ4v) is 3.32. The predicted molar refractivity (Wildman–Crippen MR) is 109 cm³/mol. The Morgan fingerprint density at radius 1 is 0.862 bits per heavy atom. The number of fused-ring (bicyclic) bond motifs is 1. The van der Waals surface area contributed by atoms with Gasteiger partial charge in [0.05, 0.1) is 32.5 Å². The van der Waals surface area contributed by atoms with E-state index in [0.717, 1.165) is 16.6 Å². The van der Waals surface area contributed by atoms with Crippen LogP contribution in [0.4, 0.5) is 4.39 Å². The van der Waals surface area contributed by atoms with Gasteiger partial charge in [-0.15, -0.1) is 5.10 Å². The lowest BCUT2D eigenvalue weighted by Crippen LogP contribution is -2.01. The first-order valence-electron chi connectivity index (χ1n) is 8.98. The van der Waals surface area contributed by atoms with Crippen LogP contribution in [0.25, 0.3) is 27.8 Å². The van der Waals surface area contributed by atoms with Crippen LogP contribution in [0, 0.1) is 12.7 Å². The van der Waals surface area contributed by atoms with Crippen molar-refractivity contribution in [1.82, 2.24) is 15.0 Å². The lowest BCUT2D eigenvalue weighted by Gasteiger charge is -2.14. The Kier molecular flexibility index (Phi) is 4.80. The summed E-state index contributed by atoms with van der Waals surface area (Å²) < 4.78 is 32.4. The minimum Gasteiger partial charge on any atom is -0.493 e. The van der Waals surface area contributed by atoms with Crippen LogP contribution < -0.4 is 14.2 Å². The molecule has 0 saturated heterocycles. The second-order valence-electron chi connectivity index (χ2n) is 6.57. The topological polar surface area (TPSA) is 58.4 Å². The van der Waals surface area contributed by atoms with Gasteiger partial charge in [-0.1, -0.05) is 23.4 Å². The van der Waals surface area contributed by atoms with Crippen LogP contribution >= 0.6 is 0 Å². The molecule has 0 atom stereocenters. The van der Waals surface area contributed by atoms with Crippen molar-refractivity contribution < 1.29 is 18.6 Å². The number of nitrogens with zero attached hydrogens (tertiary/aromatic N) is 3. The second-order valence-corrected chi connectivity index (χ2v) is 6.57. The van der Waals surface area contributed by atoms with Gasteiger partial charge in [-0.25, -0.2) is 9.07 Å².